The molecule has 1 amide bonds. The molecule has 2 heterocycles. The lowest BCUT2D eigenvalue weighted by atomic mass is 10.2. The number of amides is 1. The van der Waals surface area contributed by atoms with Crippen molar-refractivity contribution >= 4 is 23.6 Å². The molecule has 0 saturated carbocycles. The summed E-state index contributed by atoms with van der Waals surface area (Å²) in [5, 5.41) is 12.3. The molecule has 1 fully saturated rings. The summed E-state index contributed by atoms with van der Waals surface area (Å²) in [6.45, 7) is 7.24. The lowest BCUT2D eigenvalue weighted by molar-refractivity contribution is -0.120. The third-order valence-corrected chi connectivity index (χ3v) is 6.49. The van der Waals surface area contributed by atoms with Crippen LogP contribution in [-0.2, 0) is 16.1 Å². The highest BCUT2D eigenvalue weighted by Gasteiger charge is 2.25. The van der Waals surface area contributed by atoms with Crippen LogP contribution in [0.25, 0.3) is 5.69 Å². The van der Waals surface area contributed by atoms with E-state index in [4.69, 9.17) is 9.47 Å². The van der Waals surface area contributed by atoms with Gasteiger partial charge in [-0.1, -0.05) is 36.0 Å². The summed E-state index contributed by atoms with van der Waals surface area (Å²) in [5.74, 6) is 1.51. The van der Waals surface area contributed by atoms with E-state index >= 15 is 0 Å². The first-order chi connectivity index (χ1) is 16.0. The average molecular weight is 468 g/mol. The molecular weight excluding hydrogens is 438 g/mol. The molecule has 0 spiro atoms. The number of morpholine rings is 1. The van der Waals surface area contributed by atoms with Crippen LogP contribution in [0.5, 0.6) is 5.75 Å². The van der Waals surface area contributed by atoms with Crippen molar-refractivity contribution in [2.45, 2.75) is 30.8 Å². The third-order valence-electron chi connectivity index (χ3n) is 5.45. The number of nitrogens with one attached hydrogen (secondary N) is 1. The Morgan fingerprint density at radius 3 is 2.64 bits per heavy atom. The Bertz CT molecular complexity index is 1080. The van der Waals surface area contributed by atoms with E-state index in [1.807, 2.05) is 47.9 Å². The number of thioether (sulfide) groups is 1. The molecule has 1 saturated heterocycles. The van der Waals surface area contributed by atoms with E-state index in [0.717, 1.165) is 41.6 Å². The summed E-state index contributed by atoms with van der Waals surface area (Å²) in [6, 6.07) is 15.9. The fraction of sp³-hybridized carbons (Fsp3) is 0.375. The Hall–Kier alpha value is -3.04. The highest BCUT2D eigenvalue weighted by atomic mass is 32.2. The van der Waals surface area contributed by atoms with Crippen LogP contribution < -0.4 is 15.0 Å². The largest absolute Gasteiger partial charge is 0.497 e. The van der Waals surface area contributed by atoms with Crippen molar-refractivity contribution in [2.24, 2.45) is 0 Å². The smallest absolute Gasteiger partial charge is 0.233 e. The molecule has 8 nitrogen and oxygen atoms in total. The van der Waals surface area contributed by atoms with Crippen molar-refractivity contribution in [3.8, 4) is 11.4 Å². The topological polar surface area (TPSA) is 81.5 Å². The first-order valence-electron chi connectivity index (χ1n) is 11.0. The second kappa shape index (κ2) is 10.7. The number of carbonyl (C=O) groups is 1. The SMILES string of the molecule is COc1ccc(CNC(=O)C(C)Sc2nnc(N3CCOCC3)n2-c2cccc(C)c2)cc1. The lowest BCUT2D eigenvalue weighted by Crippen LogP contribution is -2.38. The van der Waals surface area contributed by atoms with Crippen LogP contribution in [0.2, 0.25) is 0 Å². The van der Waals surface area contributed by atoms with Crippen molar-refractivity contribution in [3.63, 3.8) is 0 Å². The predicted molar refractivity (Wildman–Crippen MR) is 129 cm³/mol. The van der Waals surface area contributed by atoms with Crippen molar-refractivity contribution < 1.29 is 14.3 Å². The summed E-state index contributed by atoms with van der Waals surface area (Å²) in [6.07, 6.45) is 0. The minimum absolute atomic E-state index is 0.0532. The standard InChI is InChI=1S/C24H29N5O3S/c1-17-5-4-6-20(15-17)29-23(28-11-13-32-14-12-28)26-27-24(29)33-18(2)22(30)25-16-19-7-9-21(31-3)10-8-19/h4-10,15,18H,11-14,16H2,1-3H3,(H,25,30). The van der Waals surface area contributed by atoms with Crippen LogP contribution in [0, 0.1) is 6.92 Å². The Labute approximate surface area is 198 Å². The molecule has 0 radical (unpaired) electrons. The van der Waals surface area contributed by atoms with Gasteiger partial charge in [-0.3, -0.25) is 9.36 Å². The predicted octanol–water partition coefficient (Wildman–Crippen LogP) is 3.22. The molecule has 33 heavy (non-hydrogen) atoms. The highest BCUT2D eigenvalue weighted by molar-refractivity contribution is 8.00. The molecule has 2 aromatic carbocycles. The number of rotatable bonds is 8. The van der Waals surface area contributed by atoms with Gasteiger partial charge in [0.15, 0.2) is 5.16 Å². The van der Waals surface area contributed by atoms with Crippen LogP contribution in [0.4, 0.5) is 5.95 Å². The number of benzene rings is 2. The quantitative estimate of drug-likeness (QED) is 0.510. The number of aryl methyl sites for hydroxylation is 1. The monoisotopic (exact) mass is 467 g/mol. The van der Waals surface area contributed by atoms with Gasteiger partial charge in [-0.15, -0.1) is 10.2 Å². The van der Waals surface area contributed by atoms with E-state index in [-0.39, 0.29) is 11.2 Å². The van der Waals surface area contributed by atoms with E-state index in [0.29, 0.717) is 24.9 Å². The van der Waals surface area contributed by atoms with Gasteiger partial charge in [0, 0.05) is 19.6 Å². The maximum absolute atomic E-state index is 12.8. The Morgan fingerprint density at radius 1 is 1.18 bits per heavy atom. The maximum atomic E-state index is 12.8. The van der Waals surface area contributed by atoms with Crippen LogP contribution in [0.3, 0.4) is 0 Å². The number of carbonyl (C=O) groups excluding carboxylic acids is 1. The molecule has 1 aromatic heterocycles. The van der Waals surface area contributed by atoms with Crippen LogP contribution in [0.15, 0.2) is 53.7 Å². The normalized spacial score (nSPS) is 14.7. The Kier molecular flexibility index (Phi) is 7.51. The molecule has 1 N–H and O–H groups in total. The van der Waals surface area contributed by atoms with E-state index in [1.54, 1.807) is 7.11 Å². The molecule has 4 rings (SSSR count). The molecule has 0 bridgehead atoms. The minimum Gasteiger partial charge on any atom is -0.497 e. The van der Waals surface area contributed by atoms with Gasteiger partial charge in [0.25, 0.3) is 0 Å². The maximum Gasteiger partial charge on any atom is 0.233 e. The highest BCUT2D eigenvalue weighted by Crippen LogP contribution is 2.30. The van der Waals surface area contributed by atoms with Gasteiger partial charge in [-0.2, -0.15) is 0 Å². The molecule has 1 unspecified atom stereocenters. The fourth-order valence-electron chi connectivity index (χ4n) is 3.59. The average Bonchev–Trinajstić information content (AvgIpc) is 3.26. The number of hydrogen-bond donors (Lipinski definition) is 1. The lowest BCUT2D eigenvalue weighted by Gasteiger charge is -2.28. The second-order valence-corrected chi connectivity index (χ2v) is 9.19. The number of ether oxygens (including phenoxy) is 2. The number of aromatic nitrogens is 3. The van der Waals surface area contributed by atoms with Crippen molar-refractivity contribution in [1.82, 2.24) is 20.1 Å². The Balaban J connectivity index is 1.50. The summed E-state index contributed by atoms with van der Waals surface area (Å²) in [7, 11) is 1.63. The number of hydrogen-bond acceptors (Lipinski definition) is 7. The molecule has 174 valence electrons. The van der Waals surface area contributed by atoms with Gasteiger partial charge in [-0.25, -0.2) is 0 Å². The summed E-state index contributed by atoms with van der Waals surface area (Å²) >= 11 is 1.40. The first-order valence-corrected chi connectivity index (χ1v) is 11.9. The zero-order chi connectivity index (χ0) is 23.2. The molecule has 1 atom stereocenters. The molecule has 1 aliphatic rings. The minimum atomic E-state index is -0.339. The van der Waals surface area contributed by atoms with Gasteiger partial charge in [-0.05, 0) is 49.2 Å². The van der Waals surface area contributed by atoms with Crippen molar-refractivity contribution in [1.29, 1.82) is 0 Å². The molecule has 9 heteroatoms. The molecule has 1 aliphatic heterocycles. The van der Waals surface area contributed by atoms with E-state index in [2.05, 4.69) is 39.5 Å². The number of anilines is 1. The third kappa shape index (κ3) is 5.66. The fourth-order valence-corrected chi connectivity index (χ4v) is 4.47. The van der Waals surface area contributed by atoms with E-state index < -0.39 is 0 Å². The molecule has 3 aromatic rings. The molecular formula is C24H29N5O3S. The zero-order valence-corrected chi connectivity index (χ0v) is 20.0. The summed E-state index contributed by atoms with van der Waals surface area (Å²) in [5.41, 5.74) is 3.14. The molecule has 0 aliphatic carbocycles. The zero-order valence-electron chi connectivity index (χ0n) is 19.2. The summed E-state index contributed by atoms with van der Waals surface area (Å²) < 4.78 is 12.7. The second-order valence-electron chi connectivity index (χ2n) is 7.88. The van der Waals surface area contributed by atoms with Crippen molar-refractivity contribution in [3.05, 3.63) is 59.7 Å². The van der Waals surface area contributed by atoms with Gasteiger partial charge in [0.1, 0.15) is 5.75 Å². The summed E-state index contributed by atoms with van der Waals surface area (Å²) in [4.78, 5) is 15.0. The number of nitrogens with zero attached hydrogens (tertiary/aromatic N) is 4. The van der Waals surface area contributed by atoms with E-state index in [9.17, 15) is 4.79 Å². The number of methoxy groups -OCH3 is 1. The van der Waals surface area contributed by atoms with Gasteiger partial charge in [0.05, 0.1) is 31.3 Å². The van der Waals surface area contributed by atoms with Gasteiger partial charge in [0.2, 0.25) is 11.9 Å². The van der Waals surface area contributed by atoms with Crippen LogP contribution in [-0.4, -0.2) is 59.3 Å². The van der Waals surface area contributed by atoms with Gasteiger partial charge >= 0.3 is 0 Å². The van der Waals surface area contributed by atoms with Crippen LogP contribution in [0.1, 0.15) is 18.1 Å². The first kappa shape index (κ1) is 23.1. The van der Waals surface area contributed by atoms with Gasteiger partial charge < -0.3 is 19.7 Å². The van der Waals surface area contributed by atoms with E-state index in [1.165, 1.54) is 11.8 Å². The van der Waals surface area contributed by atoms with Crippen LogP contribution >= 0.6 is 11.8 Å². The Morgan fingerprint density at radius 2 is 1.94 bits per heavy atom. The van der Waals surface area contributed by atoms with Crippen molar-refractivity contribution in [2.75, 3.05) is 38.3 Å².